The SMILES string of the molecule is Cc1ccc(OC2CCN(C(=O)c3ccc(OC(C)C)cc3)C2)nc1. The van der Waals surface area contributed by atoms with Crippen molar-refractivity contribution >= 4 is 5.91 Å². The number of hydrogen-bond donors (Lipinski definition) is 0. The molecule has 1 aliphatic rings. The Bertz CT molecular complexity index is 711. The smallest absolute Gasteiger partial charge is 0.253 e. The van der Waals surface area contributed by atoms with Gasteiger partial charge in [0.25, 0.3) is 5.91 Å². The zero-order chi connectivity index (χ0) is 17.8. The molecule has 0 bridgehead atoms. The van der Waals surface area contributed by atoms with E-state index < -0.39 is 0 Å². The highest BCUT2D eigenvalue weighted by molar-refractivity contribution is 5.94. The lowest BCUT2D eigenvalue weighted by Crippen LogP contribution is -2.31. The molecule has 1 saturated heterocycles. The summed E-state index contributed by atoms with van der Waals surface area (Å²) in [7, 11) is 0. The third-order valence-electron chi connectivity index (χ3n) is 4.08. The number of ether oxygens (including phenoxy) is 2. The molecule has 2 heterocycles. The monoisotopic (exact) mass is 340 g/mol. The molecular weight excluding hydrogens is 316 g/mol. The Labute approximate surface area is 148 Å². The van der Waals surface area contributed by atoms with Crippen LogP contribution >= 0.6 is 0 Å². The van der Waals surface area contributed by atoms with Gasteiger partial charge in [-0.1, -0.05) is 6.07 Å². The largest absolute Gasteiger partial charge is 0.491 e. The number of hydrogen-bond acceptors (Lipinski definition) is 4. The summed E-state index contributed by atoms with van der Waals surface area (Å²) in [5.41, 5.74) is 1.77. The van der Waals surface area contributed by atoms with Gasteiger partial charge in [0, 0.05) is 30.8 Å². The highest BCUT2D eigenvalue weighted by Crippen LogP contribution is 2.20. The highest BCUT2D eigenvalue weighted by atomic mass is 16.5. The number of aryl methyl sites for hydroxylation is 1. The third-order valence-corrected chi connectivity index (χ3v) is 4.08. The topological polar surface area (TPSA) is 51.7 Å². The summed E-state index contributed by atoms with van der Waals surface area (Å²) in [4.78, 5) is 18.7. The van der Waals surface area contributed by atoms with Crippen LogP contribution in [0.25, 0.3) is 0 Å². The number of benzene rings is 1. The molecule has 5 nitrogen and oxygen atoms in total. The van der Waals surface area contributed by atoms with E-state index in [0.717, 1.165) is 17.7 Å². The zero-order valence-electron chi connectivity index (χ0n) is 14.9. The molecule has 0 N–H and O–H groups in total. The average molecular weight is 340 g/mol. The number of rotatable bonds is 5. The molecule has 1 atom stereocenters. The summed E-state index contributed by atoms with van der Waals surface area (Å²) in [6, 6.07) is 11.2. The fourth-order valence-electron chi connectivity index (χ4n) is 2.83. The van der Waals surface area contributed by atoms with Crippen LogP contribution in [-0.4, -0.2) is 41.1 Å². The van der Waals surface area contributed by atoms with Gasteiger partial charge in [0.1, 0.15) is 11.9 Å². The van der Waals surface area contributed by atoms with E-state index in [9.17, 15) is 4.79 Å². The Morgan fingerprint density at radius 1 is 1.20 bits per heavy atom. The molecule has 1 fully saturated rings. The minimum atomic E-state index is -0.0114. The lowest BCUT2D eigenvalue weighted by molar-refractivity contribution is 0.0771. The first-order chi connectivity index (χ1) is 12.0. The van der Waals surface area contributed by atoms with Crippen molar-refractivity contribution in [1.29, 1.82) is 0 Å². The molecule has 0 saturated carbocycles. The Hall–Kier alpha value is -2.56. The Balaban J connectivity index is 1.57. The first-order valence-electron chi connectivity index (χ1n) is 8.66. The van der Waals surface area contributed by atoms with Crippen molar-refractivity contribution in [2.75, 3.05) is 13.1 Å². The molecule has 3 rings (SSSR count). The summed E-state index contributed by atoms with van der Waals surface area (Å²) in [5, 5.41) is 0. The Kier molecular flexibility index (Phi) is 5.22. The number of pyridine rings is 1. The fourth-order valence-corrected chi connectivity index (χ4v) is 2.83. The minimum Gasteiger partial charge on any atom is -0.491 e. The zero-order valence-corrected chi connectivity index (χ0v) is 14.9. The summed E-state index contributed by atoms with van der Waals surface area (Å²) in [6.45, 7) is 7.22. The van der Waals surface area contributed by atoms with E-state index in [1.165, 1.54) is 0 Å². The summed E-state index contributed by atoms with van der Waals surface area (Å²) in [5.74, 6) is 1.42. The van der Waals surface area contributed by atoms with Crippen LogP contribution in [0.3, 0.4) is 0 Å². The van der Waals surface area contributed by atoms with Gasteiger partial charge in [-0.05, 0) is 50.6 Å². The van der Waals surface area contributed by atoms with Gasteiger partial charge in [0.15, 0.2) is 0 Å². The predicted octanol–water partition coefficient (Wildman–Crippen LogP) is 3.47. The molecule has 1 amide bonds. The van der Waals surface area contributed by atoms with Crippen molar-refractivity contribution in [2.24, 2.45) is 0 Å². The molecule has 1 aromatic carbocycles. The number of carbonyl (C=O) groups excluding carboxylic acids is 1. The molecule has 0 radical (unpaired) electrons. The summed E-state index contributed by atoms with van der Waals surface area (Å²) < 4.78 is 11.5. The molecule has 5 heteroatoms. The third kappa shape index (κ3) is 4.50. The van der Waals surface area contributed by atoms with Crippen LogP contribution < -0.4 is 9.47 Å². The Morgan fingerprint density at radius 2 is 1.96 bits per heavy atom. The quantitative estimate of drug-likeness (QED) is 0.836. The van der Waals surface area contributed by atoms with Gasteiger partial charge >= 0.3 is 0 Å². The van der Waals surface area contributed by atoms with Gasteiger partial charge in [-0.2, -0.15) is 0 Å². The van der Waals surface area contributed by atoms with E-state index in [4.69, 9.17) is 9.47 Å². The average Bonchev–Trinajstić information content (AvgIpc) is 3.05. The van der Waals surface area contributed by atoms with Crippen LogP contribution in [0.15, 0.2) is 42.6 Å². The van der Waals surface area contributed by atoms with Gasteiger partial charge in [0.2, 0.25) is 5.88 Å². The molecule has 1 aliphatic heterocycles. The van der Waals surface area contributed by atoms with Crippen LogP contribution in [0, 0.1) is 6.92 Å². The maximum Gasteiger partial charge on any atom is 0.253 e. The van der Waals surface area contributed by atoms with Crippen molar-refractivity contribution in [3.05, 3.63) is 53.7 Å². The molecular formula is C20H24N2O3. The number of amides is 1. The molecule has 132 valence electrons. The maximum absolute atomic E-state index is 12.6. The van der Waals surface area contributed by atoms with Crippen molar-refractivity contribution in [1.82, 2.24) is 9.88 Å². The normalized spacial score (nSPS) is 17.0. The van der Waals surface area contributed by atoms with Crippen molar-refractivity contribution in [3.63, 3.8) is 0 Å². The van der Waals surface area contributed by atoms with Crippen molar-refractivity contribution in [2.45, 2.75) is 39.4 Å². The van der Waals surface area contributed by atoms with E-state index >= 15 is 0 Å². The van der Waals surface area contributed by atoms with Gasteiger partial charge < -0.3 is 14.4 Å². The molecule has 2 aromatic rings. The van der Waals surface area contributed by atoms with Crippen LogP contribution in [-0.2, 0) is 0 Å². The second-order valence-electron chi connectivity index (χ2n) is 6.64. The standard InChI is InChI=1S/C20H24N2O3/c1-14(2)24-17-7-5-16(6-8-17)20(23)22-11-10-18(13-22)25-19-9-4-15(3)12-21-19/h4-9,12,14,18H,10-11,13H2,1-3H3. The van der Waals surface area contributed by atoms with Gasteiger partial charge in [-0.15, -0.1) is 0 Å². The lowest BCUT2D eigenvalue weighted by Gasteiger charge is -2.17. The number of likely N-dealkylation sites (tertiary alicyclic amines) is 1. The van der Waals surface area contributed by atoms with E-state index in [0.29, 0.717) is 24.5 Å². The number of carbonyl (C=O) groups is 1. The number of aromatic nitrogens is 1. The Morgan fingerprint density at radius 3 is 2.60 bits per heavy atom. The van der Waals surface area contributed by atoms with E-state index in [-0.39, 0.29) is 18.1 Å². The van der Waals surface area contributed by atoms with Crippen LogP contribution in [0.4, 0.5) is 0 Å². The van der Waals surface area contributed by atoms with Crippen LogP contribution in [0.2, 0.25) is 0 Å². The highest BCUT2D eigenvalue weighted by Gasteiger charge is 2.28. The second-order valence-corrected chi connectivity index (χ2v) is 6.64. The number of nitrogens with zero attached hydrogens (tertiary/aromatic N) is 2. The van der Waals surface area contributed by atoms with Gasteiger partial charge in [-0.25, -0.2) is 4.98 Å². The molecule has 0 spiro atoms. The van der Waals surface area contributed by atoms with E-state index in [1.807, 2.05) is 62.1 Å². The van der Waals surface area contributed by atoms with Crippen molar-refractivity contribution < 1.29 is 14.3 Å². The van der Waals surface area contributed by atoms with Gasteiger partial charge in [0.05, 0.1) is 12.6 Å². The minimum absolute atomic E-state index is 0.0114. The summed E-state index contributed by atoms with van der Waals surface area (Å²) >= 11 is 0. The predicted molar refractivity (Wildman–Crippen MR) is 96.1 cm³/mol. The molecule has 25 heavy (non-hydrogen) atoms. The lowest BCUT2D eigenvalue weighted by atomic mass is 10.2. The maximum atomic E-state index is 12.6. The first kappa shape index (κ1) is 17.3. The second kappa shape index (κ2) is 7.55. The van der Waals surface area contributed by atoms with E-state index in [2.05, 4.69) is 4.98 Å². The summed E-state index contributed by atoms with van der Waals surface area (Å²) in [6.07, 6.45) is 2.71. The molecule has 1 aromatic heterocycles. The first-order valence-corrected chi connectivity index (χ1v) is 8.66. The van der Waals surface area contributed by atoms with Crippen LogP contribution in [0.1, 0.15) is 36.2 Å². The van der Waals surface area contributed by atoms with Crippen LogP contribution in [0.5, 0.6) is 11.6 Å². The van der Waals surface area contributed by atoms with E-state index in [1.54, 1.807) is 6.20 Å². The molecule has 1 unspecified atom stereocenters. The van der Waals surface area contributed by atoms with Crippen molar-refractivity contribution in [3.8, 4) is 11.6 Å². The molecule has 0 aliphatic carbocycles. The fraction of sp³-hybridized carbons (Fsp3) is 0.400. The van der Waals surface area contributed by atoms with Gasteiger partial charge in [-0.3, -0.25) is 4.79 Å².